The summed E-state index contributed by atoms with van der Waals surface area (Å²) in [5, 5.41) is 0. The highest BCUT2D eigenvalue weighted by atomic mass is 14.8. The highest BCUT2D eigenvalue weighted by Gasteiger charge is 2.35. The van der Waals surface area contributed by atoms with Gasteiger partial charge in [0.25, 0.3) is 0 Å². The van der Waals surface area contributed by atoms with Crippen LogP contribution in [0, 0.1) is 17.8 Å². The first-order valence-electron chi connectivity index (χ1n) is 14.0. The third-order valence-corrected chi connectivity index (χ3v) is 7.86. The van der Waals surface area contributed by atoms with Crippen molar-refractivity contribution in [2.24, 2.45) is 27.7 Å². The lowest BCUT2D eigenvalue weighted by molar-refractivity contribution is 0.828. The molecule has 1 aromatic rings. The number of hydrogen-bond donors (Lipinski definition) is 0. The van der Waals surface area contributed by atoms with E-state index < -0.39 is 0 Å². The van der Waals surface area contributed by atoms with Crippen LogP contribution in [0.3, 0.4) is 0 Å². The molecule has 5 aliphatic carbocycles. The van der Waals surface area contributed by atoms with Gasteiger partial charge in [0.15, 0.2) is 0 Å². The summed E-state index contributed by atoms with van der Waals surface area (Å²) in [6, 6.07) is 10.7. The molecule has 0 aromatic heterocycles. The van der Waals surface area contributed by atoms with Crippen molar-refractivity contribution in [1.82, 2.24) is 0 Å². The van der Waals surface area contributed by atoms with Crippen LogP contribution >= 0.6 is 0 Å². The molecule has 0 spiro atoms. The summed E-state index contributed by atoms with van der Waals surface area (Å²) in [4.78, 5) is 10.5. The fourth-order valence-electron chi connectivity index (χ4n) is 5.66. The molecule has 0 aliphatic heterocycles. The smallest absolute Gasteiger partial charge is 0.0741 e. The Balaban J connectivity index is 1.33. The van der Waals surface area contributed by atoms with Crippen molar-refractivity contribution in [3.8, 4) is 0 Å². The molecular weight excluding hydrogens is 448 g/mol. The van der Waals surface area contributed by atoms with Crippen LogP contribution in [0.2, 0.25) is 0 Å². The van der Waals surface area contributed by atoms with Crippen LogP contribution in [0.25, 0.3) is 0 Å². The molecule has 0 amide bonds. The molecule has 186 valence electrons. The number of rotatable bonds is 6. The lowest BCUT2D eigenvalue weighted by Crippen LogP contribution is -2.15. The van der Waals surface area contributed by atoms with Crippen LogP contribution in [0.15, 0.2) is 136 Å². The second-order valence-corrected chi connectivity index (χ2v) is 10.7. The molecular formula is C35H36N2. The van der Waals surface area contributed by atoms with Crippen molar-refractivity contribution in [3.05, 3.63) is 131 Å². The molecule has 0 saturated heterocycles. The summed E-state index contributed by atoms with van der Waals surface area (Å²) >= 11 is 0. The van der Waals surface area contributed by atoms with E-state index in [-0.39, 0.29) is 5.92 Å². The van der Waals surface area contributed by atoms with Gasteiger partial charge in [-0.2, -0.15) is 0 Å². The van der Waals surface area contributed by atoms with Gasteiger partial charge in [0.2, 0.25) is 0 Å². The molecule has 1 saturated carbocycles. The van der Waals surface area contributed by atoms with Gasteiger partial charge in [-0.1, -0.05) is 91.1 Å². The number of hydrogen-bond acceptors (Lipinski definition) is 2. The Morgan fingerprint density at radius 2 is 1.73 bits per heavy atom. The molecule has 6 rings (SSSR count). The molecule has 3 atom stereocenters. The van der Waals surface area contributed by atoms with E-state index in [1.807, 2.05) is 0 Å². The predicted octanol–water partition coefficient (Wildman–Crippen LogP) is 8.80. The first kappa shape index (κ1) is 23.9. The topological polar surface area (TPSA) is 24.7 Å². The summed E-state index contributed by atoms with van der Waals surface area (Å²) in [5.74, 6) is 1.74. The molecule has 0 radical (unpaired) electrons. The van der Waals surface area contributed by atoms with E-state index in [1.54, 1.807) is 0 Å². The largest absolute Gasteiger partial charge is 0.253 e. The maximum atomic E-state index is 5.32. The summed E-state index contributed by atoms with van der Waals surface area (Å²) < 4.78 is 0. The number of fused-ring (bicyclic) bond motifs is 1. The second kappa shape index (κ2) is 11.3. The highest BCUT2D eigenvalue weighted by Crippen LogP contribution is 2.44. The monoisotopic (exact) mass is 484 g/mol. The van der Waals surface area contributed by atoms with Gasteiger partial charge < -0.3 is 0 Å². The van der Waals surface area contributed by atoms with Crippen molar-refractivity contribution >= 4 is 11.4 Å². The van der Waals surface area contributed by atoms with Gasteiger partial charge in [-0.3, -0.25) is 4.99 Å². The SMILES string of the molecule is C1=CCCCC(C(=NC2=CC3CC3C=C2)C2C=CCC(C(=NC3=CCCC=C3)c3ccccc3)=CC2)=C1. The number of allylic oxidation sites excluding steroid dienone is 14. The van der Waals surface area contributed by atoms with E-state index in [9.17, 15) is 0 Å². The Morgan fingerprint density at radius 1 is 0.784 bits per heavy atom. The van der Waals surface area contributed by atoms with Crippen LogP contribution in [0.1, 0.15) is 56.9 Å². The van der Waals surface area contributed by atoms with E-state index in [2.05, 4.69) is 103 Å². The van der Waals surface area contributed by atoms with Gasteiger partial charge in [0, 0.05) is 11.5 Å². The van der Waals surface area contributed by atoms with Crippen LogP contribution in [-0.2, 0) is 0 Å². The van der Waals surface area contributed by atoms with Gasteiger partial charge in [-0.25, -0.2) is 4.99 Å². The van der Waals surface area contributed by atoms with Gasteiger partial charge in [-0.05, 0) is 86.5 Å². The Hall–Kier alpha value is -3.52. The average molecular weight is 485 g/mol. The molecule has 1 fully saturated rings. The van der Waals surface area contributed by atoms with Crippen LogP contribution in [-0.4, -0.2) is 11.4 Å². The first-order valence-corrected chi connectivity index (χ1v) is 14.0. The highest BCUT2D eigenvalue weighted by molar-refractivity contribution is 6.13. The van der Waals surface area contributed by atoms with E-state index >= 15 is 0 Å². The summed E-state index contributed by atoms with van der Waals surface area (Å²) in [5.41, 5.74) is 8.43. The lowest BCUT2D eigenvalue weighted by Gasteiger charge is -2.18. The third kappa shape index (κ3) is 5.91. The van der Waals surface area contributed by atoms with Crippen molar-refractivity contribution in [2.75, 3.05) is 0 Å². The normalized spacial score (nSPS) is 27.4. The molecule has 1 aromatic carbocycles. The van der Waals surface area contributed by atoms with E-state index in [1.165, 1.54) is 35.3 Å². The van der Waals surface area contributed by atoms with Crippen LogP contribution in [0.5, 0.6) is 0 Å². The molecule has 37 heavy (non-hydrogen) atoms. The second-order valence-electron chi connectivity index (χ2n) is 10.7. The zero-order chi connectivity index (χ0) is 24.9. The summed E-state index contributed by atoms with van der Waals surface area (Å²) in [6.45, 7) is 0. The summed E-state index contributed by atoms with van der Waals surface area (Å²) in [7, 11) is 0. The maximum absolute atomic E-state index is 5.32. The quantitative estimate of drug-likeness (QED) is 0.285. The zero-order valence-corrected chi connectivity index (χ0v) is 21.6. The molecule has 2 heteroatoms. The molecule has 0 N–H and O–H groups in total. The lowest BCUT2D eigenvalue weighted by atomic mass is 9.90. The Labute approximate surface area is 221 Å². The van der Waals surface area contributed by atoms with Crippen molar-refractivity contribution < 1.29 is 0 Å². The van der Waals surface area contributed by atoms with Crippen LogP contribution in [0.4, 0.5) is 0 Å². The number of nitrogens with zero attached hydrogens (tertiary/aromatic N) is 2. The Kier molecular flexibility index (Phi) is 7.26. The van der Waals surface area contributed by atoms with Crippen LogP contribution < -0.4 is 0 Å². The average Bonchev–Trinajstić information content (AvgIpc) is 3.77. The first-order chi connectivity index (χ1) is 18.3. The Morgan fingerprint density at radius 3 is 2.59 bits per heavy atom. The van der Waals surface area contributed by atoms with E-state index in [0.717, 1.165) is 61.5 Å². The van der Waals surface area contributed by atoms with E-state index in [4.69, 9.17) is 9.98 Å². The summed E-state index contributed by atoms with van der Waals surface area (Å²) in [6.07, 6.45) is 36.3. The van der Waals surface area contributed by atoms with Crippen molar-refractivity contribution in [1.29, 1.82) is 0 Å². The number of benzene rings is 1. The fourth-order valence-corrected chi connectivity index (χ4v) is 5.66. The molecule has 5 aliphatic rings. The minimum absolute atomic E-state index is 0.271. The molecule has 0 bridgehead atoms. The third-order valence-electron chi connectivity index (χ3n) is 7.86. The Bertz CT molecular complexity index is 1320. The van der Waals surface area contributed by atoms with Gasteiger partial charge >= 0.3 is 0 Å². The standard InChI is InChI=1S/C35H36N2/c1-2-6-13-27(12-5-1)35(37-33-23-22-30-24-31(30)25-33)29-17-11-16-28(20-21-29)34(26-14-7-3-8-15-26)36-32-18-9-4-10-19-32/h1,3,5,7-9,11-12,14-15,17-20,22-23,25,29-31H,2,4,6,10,13,16,21,24H2. The molecule has 2 nitrogen and oxygen atoms in total. The maximum Gasteiger partial charge on any atom is 0.0741 e. The van der Waals surface area contributed by atoms with Gasteiger partial charge in [-0.15, -0.1) is 0 Å². The minimum atomic E-state index is 0.271. The predicted molar refractivity (Wildman–Crippen MR) is 157 cm³/mol. The number of aliphatic imine (C=N–C) groups is 2. The van der Waals surface area contributed by atoms with Crippen molar-refractivity contribution in [3.63, 3.8) is 0 Å². The fraction of sp³-hybridized carbons (Fsp3) is 0.314. The van der Waals surface area contributed by atoms with Crippen molar-refractivity contribution in [2.45, 2.75) is 51.4 Å². The van der Waals surface area contributed by atoms with Gasteiger partial charge in [0.1, 0.15) is 0 Å². The minimum Gasteiger partial charge on any atom is -0.253 e. The molecule has 0 heterocycles. The van der Waals surface area contributed by atoms with E-state index in [0.29, 0.717) is 5.92 Å². The zero-order valence-electron chi connectivity index (χ0n) is 21.6. The molecule has 3 unspecified atom stereocenters. The van der Waals surface area contributed by atoms with Gasteiger partial charge in [0.05, 0.1) is 22.8 Å².